The molecular formula is C16H32N2. The Balaban J connectivity index is 1.70. The number of rotatable bonds is 5. The van der Waals surface area contributed by atoms with Gasteiger partial charge in [0.15, 0.2) is 0 Å². The van der Waals surface area contributed by atoms with E-state index < -0.39 is 0 Å². The van der Waals surface area contributed by atoms with Crippen molar-refractivity contribution in [3.8, 4) is 0 Å². The molecule has 0 radical (unpaired) electrons. The van der Waals surface area contributed by atoms with Crippen LogP contribution in [0.2, 0.25) is 0 Å². The molecule has 0 aromatic rings. The number of hydrogen-bond donors (Lipinski definition) is 1. The Morgan fingerprint density at radius 3 is 2.00 bits per heavy atom. The fraction of sp³-hybridized carbons (Fsp3) is 1.00. The smallest absolute Gasteiger partial charge is 0.00106 e. The van der Waals surface area contributed by atoms with Crippen LogP contribution in [-0.2, 0) is 0 Å². The van der Waals surface area contributed by atoms with Crippen molar-refractivity contribution in [2.45, 2.75) is 52.4 Å². The van der Waals surface area contributed by atoms with Crippen LogP contribution in [0, 0.1) is 17.8 Å². The van der Waals surface area contributed by atoms with E-state index >= 15 is 0 Å². The largest absolute Gasteiger partial charge is 0.317 e. The molecule has 2 aliphatic rings. The van der Waals surface area contributed by atoms with Gasteiger partial charge in [0, 0.05) is 13.1 Å². The summed E-state index contributed by atoms with van der Waals surface area (Å²) in [5, 5.41) is 3.47. The van der Waals surface area contributed by atoms with Gasteiger partial charge in [-0.25, -0.2) is 0 Å². The molecule has 0 unspecified atom stereocenters. The van der Waals surface area contributed by atoms with Gasteiger partial charge in [-0.2, -0.15) is 0 Å². The van der Waals surface area contributed by atoms with Gasteiger partial charge in [0.05, 0.1) is 0 Å². The summed E-state index contributed by atoms with van der Waals surface area (Å²) in [6, 6.07) is 0. The minimum absolute atomic E-state index is 0.953. The van der Waals surface area contributed by atoms with Crippen molar-refractivity contribution < 1.29 is 0 Å². The maximum absolute atomic E-state index is 3.47. The standard InChI is InChI=1S/C16H32N2/c1-3-18(13-16-8-10-17-11-9-16)12-15-6-4-14(2)5-7-15/h14-17H,3-13H2,1-2H3. The van der Waals surface area contributed by atoms with Crippen molar-refractivity contribution in [2.24, 2.45) is 17.8 Å². The summed E-state index contributed by atoms with van der Waals surface area (Å²) in [6.07, 6.45) is 8.66. The Labute approximate surface area is 114 Å². The van der Waals surface area contributed by atoms with Gasteiger partial charge in [-0.05, 0) is 63.1 Å². The first-order valence-electron chi connectivity index (χ1n) is 8.21. The minimum Gasteiger partial charge on any atom is -0.317 e. The van der Waals surface area contributed by atoms with Crippen molar-refractivity contribution in [1.29, 1.82) is 0 Å². The second-order valence-corrected chi connectivity index (χ2v) is 6.67. The maximum atomic E-state index is 3.47. The molecule has 1 N–H and O–H groups in total. The third kappa shape index (κ3) is 4.55. The van der Waals surface area contributed by atoms with Gasteiger partial charge in [0.2, 0.25) is 0 Å². The fourth-order valence-corrected chi connectivity index (χ4v) is 3.64. The Kier molecular flexibility index (Phi) is 5.97. The van der Waals surface area contributed by atoms with Crippen molar-refractivity contribution in [3.05, 3.63) is 0 Å². The molecule has 0 bridgehead atoms. The first-order valence-corrected chi connectivity index (χ1v) is 8.21. The molecule has 0 amide bonds. The van der Waals surface area contributed by atoms with Crippen LogP contribution in [0.1, 0.15) is 52.4 Å². The van der Waals surface area contributed by atoms with E-state index in [1.165, 1.54) is 71.2 Å². The highest BCUT2D eigenvalue weighted by Crippen LogP contribution is 2.29. The van der Waals surface area contributed by atoms with Gasteiger partial charge in [-0.3, -0.25) is 0 Å². The normalized spacial score (nSPS) is 30.8. The summed E-state index contributed by atoms with van der Waals surface area (Å²) < 4.78 is 0. The molecule has 2 rings (SSSR count). The molecule has 1 saturated carbocycles. The van der Waals surface area contributed by atoms with E-state index in [-0.39, 0.29) is 0 Å². The highest BCUT2D eigenvalue weighted by atomic mass is 15.1. The Morgan fingerprint density at radius 2 is 1.44 bits per heavy atom. The molecule has 0 aromatic heterocycles. The number of piperidine rings is 1. The Hall–Kier alpha value is -0.0800. The lowest BCUT2D eigenvalue weighted by Crippen LogP contribution is -2.38. The summed E-state index contributed by atoms with van der Waals surface area (Å²) >= 11 is 0. The lowest BCUT2D eigenvalue weighted by molar-refractivity contribution is 0.159. The van der Waals surface area contributed by atoms with Gasteiger partial charge >= 0.3 is 0 Å². The second-order valence-electron chi connectivity index (χ2n) is 6.67. The van der Waals surface area contributed by atoms with Crippen molar-refractivity contribution in [1.82, 2.24) is 10.2 Å². The van der Waals surface area contributed by atoms with Crippen LogP contribution in [0.15, 0.2) is 0 Å². The summed E-state index contributed by atoms with van der Waals surface area (Å²) in [4.78, 5) is 2.73. The average Bonchev–Trinajstić information content (AvgIpc) is 2.41. The highest BCUT2D eigenvalue weighted by Gasteiger charge is 2.22. The minimum atomic E-state index is 0.953. The highest BCUT2D eigenvalue weighted by molar-refractivity contribution is 4.76. The zero-order valence-electron chi connectivity index (χ0n) is 12.5. The quantitative estimate of drug-likeness (QED) is 0.808. The van der Waals surface area contributed by atoms with Crippen molar-refractivity contribution in [2.75, 3.05) is 32.7 Å². The third-order valence-corrected chi connectivity index (χ3v) is 5.07. The van der Waals surface area contributed by atoms with Gasteiger partial charge in [0.1, 0.15) is 0 Å². The van der Waals surface area contributed by atoms with E-state index in [0.29, 0.717) is 0 Å². The van der Waals surface area contributed by atoms with Crippen LogP contribution < -0.4 is 5.32 Å². The number of nitrogens with zero attached hydrogens (tertiary/aromatic N) is 1. The molecule has 1 aliphatic heterocycles. The third-order valence-electron chi connectivity index (χ3n) is 5.07. The summed E-state index contributed by atoms with van der Waals surface area (Å²) in [5.41, 5.74) is 0. The van der Waals surface area contributed by atoms with Gasteiger partial charge < -0.3 is 10.2 Å². The van der Waals surface area contributed by atoms with Crippen LogP contribution >= 0.6 is 0 Å². The van der Waals surface area contributed by atoms with E-state index in [4.69, 9.17) is 0 Å². The van der Waals surface area contributed by atoms with Gasteiger partial charge in [-0.1, -0.05) is 26.7 Å². The molecule has 0 aromatic carbocycles. The fourth-order valence-electron chi connectivity index (χ4n) is 3.64. The molecule has 2 fully saturated rings. The lowest BCUT2D eigenvalue weighted by Gasteiger charge is -2.34. The Morgan fingerprint density at radius 1 is 0.889 bits per heavy atom. The Bertz CT molecular complexity index is 215. The molecule has 106 valence electrons. The molecule has 2 nitrogen and oxygen atoms in total. The van der Waals surface area contributed by atoms with Crippen LogP contribution in [0.25, 0.3) is 0 Å². The van der Waals surface area contributed by atoms with E-state index in [1.807, 2.05) is 0 Å². The molecule has 1 saturated heterocycles. The van der Waals surface area contributed by atoms with E-state index in [1.54, 1.807) is 0 Å². The van der Waals surface area contributed by atoms with Gasteiger partial charge in [0.25, 0.3) is 0 Å². The molecule has 18 heavy (non-hydrogen) atoms. The first kappa shape index (κ1) is 14.3. The van der Waals surface area contributed by atoms with Crippen LogP contribution in [0.3, 0.4) is 0 Å². The molecule has 0 atom stereocenters. The zero-order chi connectivity index (χ0) is 12.8. The molecule has 1 aliphatic carbocycles. The summed E-state index contributed by atoms with van der Waals surface area (Å²) in [6.45, 7) is 11.2. The monoisotopic (exact) mass is 252 g/mol. The van der Waals surface area contributed by atoms with Crippen LogP contribution in [-0.4, -0.2) is 37.6 Å². The van der Waals surface area contributed by atoms with Crippen molar-refractivity contribution >= 4 is 0 Å². The predicted molar refractivity (Wildman–Crippen MR) is 78.8 cm³/mol. The zero-order valence-corrected chi connectivity index (χ0v) is 12.5. The maximum Gasteiger partial charge on any atom is 0.00106 e. The van der Waals surface area contributed by atoms with Crippen LogP contribution in [0.5, 0.6) is 0 Å². The van der Waals surface area contributed by atoms with E-state index in [2.05, 4.69) is 24.1 Å². The van der Waals surface area contributed by atoms with Crippen LogP contribution in [0.4, 0.5) is 0 Å². The van der Waals surface area contributed by atoms with Gasteiger partial charge in [-0.15, -0.1) is 0 Å². The first-order chi connectivity index (χ1) is 8.78. The SMILES string of the molecule is CCN(CC1CCNCC1)CC1CCC(C)CC1. The molecular weight excluding hydrogens is 220 g/mol. The van der Waals surface area contributed by atoms with E-state index in [0.717, 1.165) is 17.8 Å². The molecule has 0 spiro atoms. The second kappa shape index (κ2) is 7.49. The summed E-state index contributed by atoms with van der Waals surface area (Å²) in [7, 11) is 0. The predicted octanol–water partition coefficient (Wildman–Crippen LogP) is 3.13. The number of hydrogen-bond acceptors (Lipinski definition) is 2. The average molecular weight is 252 g/mol. The molecule has 1 heterocycles. The summed E-state index contributed by atoms with van der Waals surface area (Å²) in [5.74, 6) is 2.93. The van der Waals surface area contributed by atoms with Crippen molar-refractivity contribution in [3.63, 3.8) is 0 Å². The molecule has 2 heteroatoms. The number of nitrogens with one attached hydrogen (secondary N) is 1. The lowest BCUT2D eigenvalue weighted by atomic mass is 9.82. The topological polar surface area (TPSA) is 15.3 Å². The van der Waals surface area contributed by atoms with E-state index in [9.17, 15) is 0 Å².